The van der Waals surface area contributed by atoms with E-state index in [4.69, 9.17) is 0 Å². The minimum Gasteiger partial charge on any atom is -0.310 e. The molecule has 0 fully saturated rings. The van der Waals surface area contributed by atoms with E-state index in [0.717, 1.165) is 17.1 Å². The van der Waals surface area contributed by atoms with Gasteiger partial charge in [0.05, 0.1) is 0 Å². The van der Waals surface area contributed by atoms with Gasteiger partial charge in [0, 0.05) is 49.6 Å². The maximum absolute atomic E-state index is 4.41. The van der Waals surface area contributed by atoms with Gasteiger partial charge in [-0.05, 0) is 93.0 Å². The Labute approximate surface area is 296 Å². The summed E-state index contributed by atoms with van der Waals surface area (Å²) in [4.78, 5) is 6.77. The Hall–Kier alpha value is -6.29. The van der Waals surface area contributed by atoms with Gasteiger partial charge in [-0.25, -0.2) is 0 Å². The number of thiophene rings is 1. The summed E-state index contributed by atoms with van der Waals surface area (Å²) >= 11 is 1.84. The Morgan fingerprint density at radius 3 is 1.60 bits per heavy atom. The number of benzene rings is 7. The molecule has 0 aliphatic rings. The number of hydrogen-bond donors (Lipinski definition) is 0. The molecule has 0 unspecified atom stereocenters. The highest BCUT2D eigenvalue weighted by atomic mass is 32.1. The van der Waals surface area contributed by atoms with Gasteiger partial charge < -0.3 is 4.90 Å². The molecule has 0 spiro atoms. The molecule has 0 saturated heterocycles. The van der Waals surface area contributed by atoms with Crippen molar-refractivity contribution in [3.8, 4) is 44.5 Å². The lowest BCUT2D eigenvalue weighted by Crippen LogP contribution is -2.10. The molecule has 0 atom stereocenters. The Bertz CT molecular complexity index is 2570. The Balaban J connectivity index is 1.13. The van der Waals surface area contributed by atoms with Crippen molar-refractivity contribution < 1.29 is 0 Å². The van der Waals surface area contributed by atoms with Crippen molar-refractivity contribution in [1.82, 2.24) is 4.98 Å². The number of fused-ring (bicyclic) bond motifs is 3. The van der Waals surface area contributed by atoms with E-state index >= 15 is 0 Å². The smallest absolute Gasteiger partial charge is 0.0467 e. The molecule has 0 radical (unpaired) electrons. The summed E-state index contributed by atoms with van der Waals surface area (Å²) in [5.74, 6) is 0. The van der Waals surface area contributed by atoms with E-state index in [1.165, 1.54) is 64.7 Å². The lowest BCUT2D eigenvalue weighted by atomic mass is 9.98. The van der Waals surface area contributed by atoms with Crippen molar-refractivity contribution in [3.05, 3.63) is 194 Å². The summed E-state index contributed by atoms with van der Waals surface area (Å²) in [5, 5.41) is 2.46. The predicted molar refractivity (Wildman–Crippen MR) is 214 cm³/mol. The Morgan fingerprint density at radius 1 is 0.380 bits per heavy atom. The van der Waals surface area contributed by atoms with Gasteiger partial charge in [0.2, 0.25) is 0 Å². The fourth-order valence-electron chi connectivity index (χ4n) is 6.87. The van der Waals surface area contributed by atoms with Crippen LogP contribution >= 0.6 is 11.3 Å². The predicted octanol–water partition coefficient (Wildman–Crippen LogP) is 13.6. The molecule has 0 saturated carbocycles. The van der Waals surface area contributed by atoms with E-state index in [1.54, 1.807) is 0 Å². The number of aromatic nitrogens is 1. The lowest BCUT2D eigenvalue weighted by molar-refractivity contribution is 1.28. The van der Waals surface area contributed by atoms with Crippen LogP contribution in [-0.4, -0.2) is 4.98 Å². The summed E-state index contributed by atoms with van der Waals surface area (Å²) in [5.41, 5.74) is 13.0. The monoisotopic (exact) mass is 656 g/mol. The molecule has 236 valence electrons. The minimum atomic E-state index is 1.10. The van der Waals surface area contributed by atoms with Crippen molar-refractivity contribution in [2.45, 2.75) is 0 Å². The summed E-state index contributed by atoms with van der Waals surface area (Å²) < 4.78 is 2.54. The molecule has 9 rings (SSSR count). The van der Waals surface area contributed by atoms with Crippen molar-refractivity contribution in [2.24, 2.45) is 0 Å². The highest BCUT2D eigenvalue weighted by Crippen LogP contribution is 2.42. The van der Waals surface area contributed by atoms with Crippen LogP contribution in [-0.2, 0) is 0 Å². The first-order valence-corrected chi connectivity index (χ1v) is 17.7. The van der Waals surface area contributed by atoms with E-state index in [2.05, 4.69) is 192 Å². The number of rotatable bonds is 7. The van der Waals surface area contributed by atoms with Gasteiger partial charge in [-0.1, -0.05) is 133 Å². The summed E-state index contributed by atoms with van der Waals surface area (Å²) in [6.07, 6.45) is 3.86. The van der Waals surface area contributed by atoms with Crippen LogP contribution in [0.2, 0.25) is 0 Å². The summed E-state index contributed by atoms with van der Waals surface area (Å²) in [6.45, 7) is 0. The third kappa shape index (κ3) is 5.64. The first-order valence-electron chi connectivity index (χ1n) is 16.9. The molecule has 2 aromatic heterocycles. The molecule has 0 aliphatic carbocycles. The van der Waals surface area contributed by atoms with Crippen LogP contribution in [0, 0.1) is 0 Å². The van der Waals surface area contributed by atoms with Crippen molar-refractivity contribution >= 4 is 48.6 Å². The molecule has 0 bridgehead atoms. The maximum Gasteiger partial charge on any atom is 0.0467 e. The SMILES string of the molecule is c1ccc(-c2ccc(N(c3ccc(-c4cccc(-c5ccccc5)c4)cc3)c3cccc(-c4cccc5c4sc4ccncc45)c3)cc2)cc1. The molecule has 2 nitrogen and oxygen atoms in total. The van der Waals surface area contributed by atoms with Crippen molar-refractivity contribution in [3.63, 3.8) is 0 Å². The van der Waals surface area contributed by atoms with Gasteiger partial charge in [-0.3, -0.25) is 4.98 Å². The molecule has 50 heavy (non-hydrogen) atoms. The van der Waals surface area contributed by atoms with Gasteiger partial charge >= 0.3 is 0 Å². The second-order valence-corrected chi connectivity index (χ2v) is 13.5. The number of anilines is 3. The van der Waals surface area contributed by atoms with Crippen LogP contribution in [0.5, 0.6) is 0 Å². The van der Waals surface area contributed by atoms with Gasteiger partial charge in [-0.2, -0.15) is 0 Å². The zero-order chi connectivity index (χ0) is 33.3. The minimum absolute atomic E-state index is 1.10. The van der Waals surface area contributed by atoms with Crippen LogP contribution in [0.1, 0.15) is 0 Å². The molecule has 0 aliphatic heterocycles. The second-order valence-electron chi connectivity index (χ2n) is 12.4. The zero-order valence-electron chi connectivity index (χ0n) is 27.3. The van der Waals surface area contributed by atoms with Crippen LogP contribution in [0.3, 0.4) is 0 Å². The van der Waals surface area contributed by atoms with Crippen LogP contribution in [0.15, 0.2) is 194 Å². The van der Waals surface area contributed by atoms with Gasteiger partial charge in [0.1, 0.15) is 0 Å². The molecule has 0 amide bonds. The number of nitrogens with zero attached hydrogens (tertiary/aromatic N) is 2. The fraction of sp³-hybridized carbons (Fsp3) is 0. The summed E-state index contributed by atoms with van der Waals surface area (Å²) in [6, 6.07) is 65.4. The number of pyridine rings is 1. The average molecular weight is 657 g/mol. The van der Waals surface area contributed by atoms with Gasteiger partial charge in [0.15, 0.2) is 0 Å². The number of hydrogen-bond acceptors (Lipinski definition) is 3. The van der Waals surface area contributed by atoms with Gasteiger partial charge in [-0.15, -0.1) is 11.3 Å². The molecular weight excluding hydrogens is 625 g/mol. The lowest BCUT2D eigenvalue weighted by Gasteiger charge is -2.26. The molecule has 2 heterocycles. The standard InChI is InChI=1S/C47H32N2S/c1-3-10-33(11-4-1)35-20-24-40(25-21-35)49(41-26-22-36(23-27-41)38-15-7-14-37(30-38)34-12-5-2-6-13-34)42-17-8-16-39(31-42)43-18-9-19-44-45-32-48-29-28-46(45)50-47(43)44/h1-32H. The molecule has 7 aromatic carbocycles. The summed E-state index contributed by atoms with van der Waals surface area (Å²) in [7, 11) is 0. The van der Waals surface area contributed by atoms with Crippen LogP contribution < -0.4 is 4.90 Å². The third-order valence-electron chi connectivity index (χ3n) is 9.37. The van der Waals surface area contributed by atoms with Crippen molar-refractivity contribution in [1.29, 1.82) is 0 Å². The highest BCUT2D eigenvalue weighted by Gasteiger charge is 2.16. The largest absolute Gasteiger partial charge is 0.310 e. The first-order chi connectivity index (χ1) is 24.8. The van der Waals surface area contributed by atoms with E-state index in [-0.39, 0.29) is 0 Å². The quantitative estimate of drug-likeness (QED) is 0.170. The average Bonchev–Trinajstić information content (AvgIpc) is 3.59. The Morgan fingerprint density at radius 2 is 0.920 bits per heavy atom. The van der Waals surface area contributed by atoms with E-state index < -0.39 is 0 Å². The topological polar surface area (TPSA) is 16.1 Å². The molecule has 3 heteroatoms. The van der Waals surface area contributed by atoms with Crippen LogP contribution in [0.25, 0.3) is 64.7 Å². The van der Waals surface area contributed by atoms with E-state index in [1.807, 2.05) is 23.7 Å². The van der Waals surface area contributed by atoms with Crippen LogP contribution in [0.4, 0.5) is 17.1 Å². The zero-order valence-corrected chi connectivity index (χ0v) is 28.1. The first kappa shape index (κ1) is 29.8. The second kappa shape index (κ2) is 13.0. The van der Waals surface area contributed by atoms with Gasteiger partial charge in [0.25, 0.3) is 0 Å². The van der Waals surface area contributed by atoms with Crippen molar-refractivity contribution in [2.75, 3.05) is 4.90 Å². The molecular formula is C47H32N2S. The van der Waals surface area contributed by atoms with E-state index in [9.17, 15) is 0 Å². The van der Waals surface area contributed by atoms with E-state index in [0.29, 0.717) is 0 Å². The normalized spacial score (nSPS) is 11.2. The molecule has 0 N–H and O–H groups in total. The fourth-order valence-corrected chi connectivity index (χ4v) is 8.08. The maximum atomic E-state index is 4.41. The Kier molecular flexibility index (Phi) is 7.73. The highest BCUT2D eigenvalue weighted by molar-refractivity contribution is 7.26. The molecule has 9 aromatic rings. The third-order valence-corrected chi connectivity index (χ3v) is 10.6.